The highest BCUT2D eigenvalue weighted by Gasteiger charge is 2.20. The van der Waals surface area contributed by atoms with Gasteiger partial charge in [0, 0.05) is 18.3 Å². The van der Waals surface area contributed by atoms with Gasteiger partial charge in [0.1, 0.15) is 0 Å². The molecule has 2 atom stereocenters. The largest absolute Gasteiger partial charge is 0.313 e. The Kier molecular flexibility index (Phi) is 4.60. The molecule has 1 saturated carbocycles. The van der Waals surface area contributed by atoms with Gasteiger partial charge in [0.25, 0.3) is 0 Å². The minimum absolute atomic E-state index is 0.638. The number of rotatable bonds is 5. The molecule has 0 spiro atoms. The van der Waals surface area contributed by atoms with Crippen molar-refractivity contribution in [1.82, 2.24) is 15.1 Å². The third-order valence-electron chi connectivity index (χ3n) is 3.69. The molecule has 1 N–H and O–H groups in total. The fraction of sp³-hybridized carbons (Fsp3) is 0.786. The molecule has 1 fully saturated rings. The van der Waals surface area contributed by atoms with E-state index in [1.165, 1.54) is 37.7 Å². The highest BCUT2D eigenvalue weighted by atomic mass is 15.3. The third-order valence-corrected chi connectivity index (χ3v) is 3.69. The summed E-state index contributed by atoms with van der Waals surface area (Å²) >= 11 is 0. The summed E-state index contributed by atoms with van der Waals surface area (Å²) in [4.78, 5) is 0. The molecule has 1 aliphatic carbocycles. The van der Waals surface area contributed by atoms with Gasteiger partial charge >= 0.3 is 0 Å². The van der Waals surface area contributed by atoms with Crippen LogP contribution in [0.3, 0.4) is 0 Å². The molecular formula is C14H25N3. The standard InChI is InChI=1S/C14H25N3/c1-3-7-15-9-13-10-16-17(11-13)14-6-4-5-12(2)8-14/h10-12,14-15H,3-9H2,1-2H3. The van der Waals surface area contributed by atoms with Crippen molar-refractivity contribution < 1.29 is 0 Å². The van der Waals surface area contributed by atoms with Crippen LogP contribution in [0.15, 0.2) is 12.4 Å². The molecule has 2 rings (SSSR count). The van der Waals surface area contributed by atoms with E-state index in [0.29, 0.717) is 6.04 Å². The van der Waals surface area contributed by atoms with E-state index in [2.05, 4.69) is 35.1 Å². The van der Waals surface area contributed by atoms with Crippen molar-refractivity contribution in [3.63, 3.8) is 0 Å². The van der Waals surface area contributed by atoms with Crippen LogP contribution in [0.5, 0.6) is 0 Å². The van der Waals surface area contributed by atoms with Crippen LogP contribution < -0.4 is 5.32 Å². The lowest BCUT2D eigenvalue weighted by Gasteiger charge is -2.26. The van der Waals surface area contributed by atoms with Crippen LogP contribution >= 0.6 is 0 Å². The quantitative estimate of drug-likeness (QED) is 0.795. The molecule has 3 nitrogen and oxygen atoms in total. The van der Waals surface area contributed by atoms with Gasteiger partial charge in [-0.2, -0.15) is 5.10 Å². The highest BCUT2D eigenvalue weighted by molar-refractivity contribution is 5.04. The van der Waals surface area contributed by atoms with Gasteiger partial charge in [-0.05, 0) is 31.7 Å². The summed E-state index contributed by atoms with van der Waals surface area (Å²) in [7, 11) is 0. The summed E-state index contributed by atoms with van der Waals surface area (Å²) < 4.78 is 2.19. The van der Waals surface area contributed by atoms with Crippen LogP contribution in [0.4, 0.5) is 0 Å². The Morgan fingerprint density at radius 1 is 1.47 bits per heavy atom. The zero-order valence-corrected chi connectivity index (χ0v) is 11.2. The first-order chi connectivity index (χ1) is 8.29. The van der Waals surface area contributed by atoms with Crippen molar-refractivity contribution in [3.05, 3.63) is 18.0 Å². The Hall–Kier alpha value is -0.830. The SMILES string of the molecule is CCCNCc1cnn(C2CCCC(C)C2)c1. The first kappa shape index (κ1) is 12.6. The lowest BCUT2D eigenvalue weighted by Crippen LogP contribution is -2.18. The van der Waals surface area contributed by atoms with Crippen molar-refractivity contribution in [2.75, 3.05) is 6.54 Å². The zero-order chi connectivity index (χ0) is 12.1. The Labute approximate surface area is 105 Å². The Morgan fingerprint density at radius 3 is 3.12 bits per heavy atom. The molecule has 1 aromatic rings. The molecule has 0 radical (unpaired) electrons. The van der Waals surface area contributed by atoms with Gasteiger partial charge in [0.2, 0.25) is 0 Å². The first-order valence-electron chi connectivity index (χ1n) is 7.03. The lowest BCUT2D eigenvalue weighted by molar-refractivity contribution is 0.266. The van der Waals surface area contributed by atoms with E-state index in [9.17, 15) is 0 Å². The second kappa shape index (κ2) is 6.20. The van der Waals surface area contributed by atoms with E-state index >= 15 is 0 Å². The van der Waals surface area contributed by atoms with Gasteiger partial charge in [-0.1, -0.05) is 26.7 Å². The van der Waals surface area contributed by atoms with Crippen molar-refractivity contribution in [2.45, 2.75) is 58.5 Å². The molecule has 17 heavy (non-hydrogen) atoms. The van der Waals surface area contributed by atoms with Gasteiger partial charge in [-0.25, -0.2) is 0 Å². The number of hydrogen-bond donors (Lipinski definition) is 1. The van der Waals surface area contributed by atoms with Crippen molar-refractivity contribution >= 4 is 0 Å². The average molecular weight is 235 g/mol. The molecule has 0 bridgehead atoms. The molecule has 2 unspecified atom stereocenters. The van der Waals surface area contributed by atoms with E-state index < -0.39 is 0 Å². The van der Waals surface area contributed by atoms with Crippen LogP contribution in [-0.4, -0.2) is 16.3 Å². The first-order valence-corrected chi connectivity index (χ1v) is 7.03. The summed E-state index contributed by atoms with van der Waals surface area (Å²) in [6.45, 7) is 6.60. The van der Waals surface area contributed by atoms with Gasteiger partial charge < -0.3 is 5.32 Å². The predicted octanol–water partition coefficient (Wildman–Crippen LogP) is 3.13. The summed E-state index contributed by atoms with van der Waals surface area (Å²) in [6.07, 6.45) is 10.8. The van der Waals surface area contributed by atoms with E-state index in [-0.39, 0.29) is 0 Å². The number of aromatic nitrogens is 2. The van der Waals surface area contributed by atoms with Crippen molar-refractivity contribution in [2.24, 2.45) is 5.92 Å². The maximum absolute atomic E-state index is 4.53. The summed E-state index contributed by atoms with van der Waals surface area (Å²) in [5.74, 6) is 0.861. The smallest absolute Gasteiger partial charge is 0.0534 e. The van der Waals surface area contributed by atoms with Crippen LogP contribution in [0.2, 0.25) is 0 Å². The van der Waals surface area contributed by atoms with E-state index in [1.54, 1.807) is 0 Å². The topological polar surface area (TPSA) is 29.9 Å². The highest BCUT2D eigenvalue weighted by Crippen LogP contribution is 2.31. The van der Waals surface area contributed by atoms with Crippen LogP contribution in [0, 0.1) is 5.92 Å². The molecule has 3 heteroatoms. The Balaban J connectivity index is 1.88. The fourth-order valence-electron chi connectivity index (χ4n) is 2.72. The number of nitrogens with zero attached hydrogens (tertiary/aromatic N) is 2. The van der Waals surface area contributed by atoms with Crippen molar-refractivity contribution in [3.8, 4) is 0 Å². The average Bonchev–Trinajstić information content (AvgIpc) is 2.78. The fourth-order valence-corrected chi connectivity index (χ4v) is 2.72. The van der Waals surface area contributed by atoms with Crippen molar-refractivity contribution in [1.29, 1.82) is 0 Å². The lowest BCUT2D eigenvalue weighted by atomic mass is 9.87. The van der Waals surface area contributed by atoms with E-state index in [1.807, 2.05) is 6.20 Å². The third kappa shape index (κ3) is 3.56. The zero-order valence-electron chi connectivity index (χ0n) is 11.2. The second-order valence-corrected chi connectivity index (χ2v) is 5.43. The van der Waals surface area contributed by atoms with Crippen LogP contribution in [0.1, 0.15) is 57.6 Å². The van der Waals surface area contributed by atoms with Gasteiger partial charge in [0.15, 0.2) is 0 Å². The number of hydrogen-bond acceptors (Lipinski definition) is 2. The maximum atomic E-state index is 4.53. The van der Waals surface area contributed by atoms with E-state index in [4.69, 9.17) is 0 Å². The van der Waals surface area contributed by atoms with Gasteiger partial charge in [-0.3, -0.25) is 4.68 Å². The Morgan fingerprint density at radius 2 is 2.35 bits per heavy atom. The summed E-state index contributed by atoms with van der Waals surface area (Å²) in [6, 6.07) is 0.638. The molecule has 1 aromatic heterocycles. The number of nitrogens with one attached hydrogen (secondary N) is 1. The minimum atomic E-state index is 0.638. The van der Waals surface area contributed by atoms with Gasteiger partial charge in [-0.15, -0.1) is 0 Å². The predicted molar refractivity (Wildman–Crippen MR) is 70.9 cm³/mol. The van der Waals surface area contributed by atoms with E-state index in [0.717, 1.165) is 19.0 Å². The monoisotopic (exact) mass is 235 g/mol. The molecule has 0 aliphatic heterocycles. The maximum Gasteiger partial charge on any atom is 0.0534 e. The van der Waals surface area contributed by atoms with Crippen LogP contribution in [0.25, 0.3) is 0 Å². The minimum Gasteiger partial charge on any atom is -0.313 e. The summed E-state index contributed by atoms with van der Waals surface area (Å²) in [5.41, 5.74) is 1.32. The molecule has 0 saturated heterocycles. The van der Waals surface area contributed by atoms with Crippen LogP contribution in [-0.2, 0) is 6.54 Å². The molecule has 1 heterocycles. The summed E-state index contributed by atoms with van der Waals surface area (Å²) in [5, 5.41) is 7.95. The molecule has 1 aliphatic rings. The van der Waals surface area contributed by atoms with Gasteiger partial charge in [0.05, 0.1) is 12.2 Å². The normalized spacial score (nSPS) is 25.1. The Bertz CT molecular complexity index is 332. The molecule has 0 aromatic carbocycles. The molecule has 0 amide bonds. The second-order valence-electron chi connectivity index (χ2n) is 5.43. The molecular weight excluding hydrogens is 210 g/mol. The molecule has 96 valence electrons.